The van der Waals surface area contributed by atoms with Crippen LogP contribution < -0.4 is 9.47 Å². The summed E-state index contributed by atoms with van der Waals surface area (Å²) < 4.78 is 38.3. The molecule has 0 radical (unpaired) electrons. The number of piperazine rings is 1. The molecule has 0 spiro atoms. The van der Waals surface area contributed by atoms with E-state index in [-0.39, 0.29) is 19.0 Å². The fourth-order valence-corrected chi connectivity index (χ4v) is 5.78. The van der Waals surface area contributed by atoms with E-state index in [0.29, 0.717) is 35.0 Å². The van der Waals surface area contributed by atoms with Crippen LogP contribution in [0.3, 0.4) is 0 Å². The second-order valence-electron chi connectivity index (χ2n) is 7.90. The number of fused-ring (bicyclic) bond motifs is 1. The third-order valence-electron chi connectivity index (χ3n) is 6.11. The summed E-state index contributed by atoms with van der Waals surface area (Å²) >= 11 is 0. The minimum Gasteiger partial charge on any atom is -0.493 e. The number of ether oxygens (including phenoxy) is 2. The molecular formula is C23H28N2O5S. The van der Waals surface area contributed by atoms with Gasteiger partial charge in [-0.3, -0.25) is 4.79 Å². The average Bonchev–Trinajstić information content (AvgIpc) is 2.82. The number of hydrogen-bond acceptors (Lipinski definition) is 5. The molecule has 31 heavy (non-hydrogen) atoms. The molecule has 8 heteroatoms. The van der Waals surface area contributed by atoms with Crippen LogP contribution in [-0.2, 0) is 22.9 Å². The van der Waals surface area contributed by atoms with Crippen LogP contribution >= 0.6 is 0 Å². The summed E-state index contributed by atoms with van der Waals surface area (Å²) in [6.07, 6.45) is 4.22. The summed E-state index contributed by atoms with van der Waals surface area (Å²) in [6, 6.07) is 10.6. The molecule has 166 valence electrons. The zero-order chi connectivity index (χ0) is 22.0. The highest BCUT2D eigenvalue weighted by Crippen LogP contribution is 2.29. The van der Waals surface area contributed by atoms with Gasteiger partial charge in [-0.05, 0) is 67.1 Å². The summed E-state index contributed by atoms with van der Waals surface area (Å²) in [5.74, 6) is 0.897. The van der Waals surface area contributed by atoms with Crippen LogP contribution in [0.25, 0.3) is 0 Å². The maximum atomic E-state index is 13.2. The van der Waals surface area contributed by atoms with E-state index in [2.05, 4.69) is 0 Å². The van der Waals surface area contributed by atoms with Crippen LogP contribution in [0.2, 0.25) is 0 Å². The summed E-state index contributed by atoms with van der Waals surface area (Å²) in [6.45, 7) is 1.24. The number of benzene rings is 2. The predicted molar refractivity (Wildman–Crippen MR) is 117 cm³/mol. The molecule has 1 amide bonds. The van der Waals surface area contributed by atoms with Gasteiger partial charge in [-0.25, -0.2) is 8.42 Å². The number of sulfonamides is 1. The Balaban J connectivity index is 1.45. The molecule has 2 aliphatic rings. The normalized spacial score (nSPS) is 17.2. The Bertz CT molecular complexity index is 1080. The Morgan fingerprint density at radius 1 is 0.839 bits per heavy atom. The fraction of sp³-hybridized carbons (Fsp3) is 0.435. The van der Waals surface area contributed by atoms with E-state index < -0.39 is 10.0 Å². The predicted octanol–water partition coefficient (Wildman–Crippen LogP) is 2.73. The lowest BCUT2D eigenvalue weighted by molar-refractivity contribution is 0.0697. The summed E-state index contributed by atoms with van der Waals surface area (Å²) in [5.41, 5.74) is 2.90. The molecule has 0 saturated carbocycles. The quantitative estimate of drug-likeness (QED) is 0.709. The first-order chi connectivity index (χ1) is 14.9. The standard InChI is InChI=1S/C23H28N2O5S/c1-29-21-10-8-19(16-22(21)30-2)23(26)24-11-13-25(14-12-24)31(27,28)20-9-7-17-5-3-4-6-18(17)15-20/h7-10,15-16H,3-6,11-14H2,1-2H3. The van der Waals surface area contributed by atoms with Crippen molar-refractivity contribution in [2.24, 2.45) is 0 Å². The second kappa shape index (κ2) is 8.88. The monoisotopic (exact) mass is 444 g/mol. The van der Waals surface area contributed by atoms with Crippen molar-refractivity contribution in [2.45, 2.75) is 30.6 Å². The number of rotatable bonds is 5. The molecule has 1 aliphatic carbocycles. The highest BCUT2D eigenvalue weighted by atomic mass is 32.2. The Kier molecular flexibility index (Phi) is 6.20. The van der Waals surface area contributed by atoms with Gasteiger partial charge in [0.05, 0.1) is 19.1 Å². The van der Waals surface area contributed by atoms with Gasteiger partial charge in [-0.2, -0.15) is 4.31 Å². The topological polar surface area (TPSA) is 76.2 Å². The molecule has 0 bridgehead atoms. The maximum Gasteiger partial charge on any atom is 0.254 e. The van der Waals surface area contributed by atoms with Gasteiger partial charge in [-0.15, -0.1) is 0 Å². The van der Waals surface area contributed by atoms with E-state index in [1.165, 1.54) is 17.0 Å². The molecule has 1 saturated heterocycles. The van der Waals surface area contributed by atoms with Crippen LogP contribution in [0.5, 0.6) is 11.5 Å². The van der Waals surface area contributed by atoms with Crippen LogP contribution in [0.4, 0.5) is 0 Å². The highest BCUT2D eigenvalue weighted by molar-refractivity contribution is 7.89. The Morgan fingerprint density at radius 3 is 2.19 bits per heavy atom. The number of amides is 1. The van der Waals surface area contributed by atoms with E-state index in [9.17, 15) is 13.2 Å². The fourth-order valence-electron chi connectivity index (χ4n) is 4.30. The molecule has 2 aromatic carbocycles. The molecule has 0 aromatic heterocycles. The van der Waals surface area contributed by atoms with Crippen molar-refractivity contribution in [3.05, 3.63) is 53.1 Å². The van der Waals surface area contributed by atoms with Crippen LogP contribution in [0.1, 0.15) is 34.3 Å². The van der Waals surface area contributed by atoms with E-state index in [1.54, 1.807) is 36.3 Å². The van der Waals surface area contributed by atoms with Gasteiger partial charge in [0, 0.05) is 31.7 Å². The molecule has 0 atom stereocenters. The first kappa shape index (κ1) is 21.6. The highest BCUT2D eigenvalue weighted by Gasteiger charge is 2.31. The number of carbonyl (C=O) groups excluding carboxylic acids is 1. The minimum absolute atomic E-state index is 0.146. The molecule has 1 aliphatic heterocycles. The zero-order valence-corrected chi connectivity index (χ0v) is 18.8. The van der Waals surface area contributed by atoms with E-state index >= 15 is 0 Å². The van der Waals surface area contributed by atoms with Crippen LogP contribution in [0, 0.1) is 0 Å². The number of nitrogens with zero attached hydrogens (tertiary/aromatic N) is 2. The average molecular weight is 445 g/mol. The molecule has 1 heterocycles. The second-order valence-corrected chi connectivity index (χ2v) is 9.84. The number of carbonyl (C=O) groups is 1. The maximum absolute atomic E-state index is 13.2. The summed E-state index contributed by atoms with van der Waals surface area (Å²) in [7, 11) is -0.503. The lowest BCUT2D eigenvalue weighted by atomic mass is 9.92. The van der Waals surface area contributed by atoms with Crippen molar-refractivity contribution in [1.82, 2.24) is 9.21 Å². The van der Waals surface area contributed by atoms with Gasteiger partial charge in [0.2, 0.25) is 10.0 Å². The molecule has 7 nitrogen and oxygen atoms in total. The van der Waals surface area contributed by atoms with Crippen LogP contribution in [-0.4, -0.2) is 63.9 Å². The molecule has 0 N–H and O–H groups in total. The van der Waals surface area contributed by atoms with Crippen molar-refractivity contribution >= 4 is 15.9 Å². The van der Waals surface area contributed by atoms with Crippen molar-refractivity contribution in [2.75, 3.05) is 40.4 Å². The van der Waals surface area contributed by atoms with Crippen molar-refractivity contribution in [3.63, 3.8) is 0 Å². The zero-order valence-electron chi connectivity index (χ0n) is 18.0. The van der Waals surface area contributed by atoms with E-state index in [1.807, 2.05) is 12.1 Å². The molecule has 4 rings (SSSR count). The molecular weight excluding hydrogens is 416 g/mol. The molecule has 1 fully saturated rings. The third-order valence-corrected chi connectivity index (χ3v) is 8.01. The molecule has 0 unspecified atom stereocenters. The summed E-state index contributed by atoms with van der Waals surface area (Å²) in [5, 5.41) is 0. The van der Waals surface area contributed by atoms with E-state index in [0.717, 1.165) is 31.2 Å². The van der Waals surface area contributed by atoms with Gasteiger partial charge in [0.25, 0.3) is 5.91 Å². The number of methoxy groups -OCH3 is 2. The number of hydrogen-bond donors (Lipinski definition) is 0. The Labute approximate surface area is 183 Å². The van der Waals surface area contributed by atoms with Gasteiger partial charge in [-0.1, -0.05) is 6.07 Å². The van der Waals surface area contributed by atoms with Gasteiger partial charge in [0.1, 0.15) is 0 Å². The van der Waals surface area contributed by atoms with Gasteiger partial charge >= 0.3 is 0 Å². The molecule has 2 aromatic rings. The minimum atomic E-state index is -3.57. The largest absolute Gasteiger partial charge is 0.493 e. The lowest BCUT2D eigenvalue weighted by Gasteiger charge is -2.34. The van der Waals surface area contributed by atoms with Gasteiger partial charge < -0.3 is 14.4 Å². The number of aryl methyl sites for hydroxylation is 2. The van der Waals surface area contributed by atoms with E-state index in [4.69, 9.17) is 9.47 Å². The third kappa shape index (κ3) is 4.27. The Morgan fingerprint density at radius 2 is 1.52 bits per heavy atom. The van der Waals surface area contributed by atoms with Crippen molar-refractivity contribution in [3.8, 4) is 11.5 Å². The first-order valence-corrected chi connectivity index (χ1v) is 12.0. The lowest BCUT2D eigenvalue weighted by Crippen LogP contribution is -2.50. The SMILES string of the molecule is COc1ccc(C(=O)N2CCN(S(=O)(=O)c3ccc4c(c3)CCCC4)CC2)cc1OC. The smallest absolute Gasteiger partial charge is 0.254 e. The summed E-state index contributed by atoms with van der Waals surface area (Å²) in [4.78, 5) is 15.0. The van der Waals surface area contributed by atoms with Crippen LogP contribution in [0.15, 0.2) is 41.3 Å². The first-order valence-electron chi connectivity index (χ1n) is 10.6. The van der Waals surface area contributed by atoms with Crippen molar-refractivity contribution < 1.29 is 22.7 Å². The van der Waals surface area contributed by atoms with Gasteiger partial charge in [0.15, 0.2) is 11.5 Å². The Hall–Kier alpha value is -2.58. The van der Waals surface area contributed by atoms with Crippen molar-refractivity contribution in [1.29, 1.82) is 0 Å².